The molecule has 0 amide bonds. The minimum atomic E-state index is -0.230. The van der Waals surface area contributed by atoms with Crippen LogP contribution >= 0.6 is 11.6 Å². The normalized spacial score (nSPS) is 10.8. The van der Waals surface area contributed by atoms with Crippen molar-refractivity contribution < 1.29 is 4.39 Å². The lowest BCUT2D eigenvalue weighted by Gasteiger charge is -2.07. The van der Waals surface area contributed by atoms with Gasteiger partial charge in [0.1, 0.15) is 17.5 Å². The molecular formula is C13H15ClFN3. The third-order valence-electron chi connectivity index (χ3n) is 2.72. The molecule has 96 valence electrons. The van der Waals surface area contributed by atoms with Crippen molar-refractivity contribution in [2.75, 3.05) is 0 Å². The van der Waals surface area contributed by atoms with Crippen LogP contribution in [0.15, 0.2) is 24.3 Å². The maximum absolute atomic E-state index is 13.1. The molecule has 0 fully saturated rings. The van der Waals surface area contributed by atoms with Gasteiger partial charge in [0.15, 0.2) is 0 Å². The summed E-state index contributed by atoms with van der Waals surface area (Å²) < 4.78 is 15.1. The van der Waals surface area contributed by atoms with E-state index in [9.17, 15) is 4.39 Å². The van der Waals surface area contributed by atoms with E-state index in [0.717, 1.165) is 30.2 Å². The molecule has 1 heterocycles. The monoisotopic (exact) mass is 267 g/mol. The lowest BCUT2D eigenvalue weighted by Crippen LogP contribution is -2.07. The van der Waals surface area contributed by atoms with E-state index in [1.54, 1.807) is 6.07 Å². The van der Waals surface area contributed by atoms with Crippen LogP contribution in [0.1, 0.15) is 30.6 Å². The average molecular weight is 268 g/mol. The van der Waals surface area contributed by atoms with E-state index in [0.29, 0.717) is 12.3 Å². The first kappa shape index (κ1) is 13.0. The summed E-state index contributed by atoms with van der Waals surface area (Å²) in [7, 11) is 0. The van der Waals surface area contributed by atoms with E-state index >= 15 is 0 Å². The molecule has 0 bridgehead atoms. The third-order valence-corrected chi connectivity index (χ3v) is 2.96. The molecule has 5 heteroatoms. The van der Waals surface area contributed by atoms with Gasteiger partial charge in [-0.05, 0) is 24.1 Å². The average Bonchev–Trinajstić information content (AvgIpc) is 2.72. The highest BCUT2D eigenvalue weighted by Crippen LogP contribution is 2.12. The Morgan fingerprint density at radius 3 is 2.72 bits per heavy atom. The Bertz CT molecular complexity index is 525. The van der Waals surface area contributed by atoms with E-state index in [1.807, 2.05) is 10.6 Å². The number of rotatable bonds is 5. The number of aromatic nitrogens is 3. The largest absolute Gasteiger partial charge is 0.314 e. The quantitative estimate of drug-likeness (QED) is 0.779. The lowest BCUT2D eigenvalue weighted by molar-refractivity contribution is 0.618. The standard InChI is InChI=1S/C13H15ClFN3/c1-2-6-18-12(16-17-13(18)9-14)8-10-4-3-5-11(15)7-10/h3-5,7H,2,6,8-9H2,1H3. The predicted octanol–water partition coefficient (Wildman–Crippen LogP) is 3.16. The van der Waals surface area contributed by atoms with Crippen LogP contribution in [0.3, 0.4) is 0 Å². The van der Waals surface area contributed by atoms with E-state index in [4.69, 9.17) is 11.6 Å². The fourth-order valence-electron chi connectivity index (χ4n) is 1.91. The molecule has 0 unspecified atom stereocenters. The number of benzene rings is 1. The van der Waals surface area contributed by atoms with Crippen molar-refractivity contribution in [2.24, 2.45) is 0 Å². The summed E-state index contributed by atoms with van der Waals surface area (Å²) in [6.45, 7) is 2.92. The van der Waals surface area contributed by atoms with Gasteiger partial charge in [0.2, 0.25) is 0 Å². The second-order valence-electron chi connectivity index (χ2n) is 4.12. The van der Waals surface area contributed by atoms with Crippen LogP contribution in [-0.4, -0.2) is 14.8 Å². The van der Waals surface area contributed by atoms with Crippen LogP contribution in [0.2, 0.25) is 0 Å². The van der Waals surface area contributed by atoms with E-state index < -0.39 is 0 Å². The van der Waals surface area contributed by atoms with Gasteiger partial charge in [-0.3, -0.25) is 0 Å². The van der Waals surface area contributed by atoms with E-state index in [1.165, 1.54) is 12.1 Å². The highest BCUT2D eigenvalue weighted by molar-refractivity contribution is 6.16. The van der Waals surface area contributed by atoms with Crippen LogP contribution in [0.5, 0.6) is 0 Å². The molecule has 0 atom stereocenters. The number of hydrogen-bond donors (Lipinski definition) is 0. The fourth-order valence-corrected chi connectivity index (χ4v) is 2.11. The summed E-state index contributed by atoms with van der Waals surface area (Å²) in [5.41, 5.74) is 0.890. The molecular weight excluding hydrogens is 253 g/mol. The third kappa shape index (κ3) is 2.88. The van der Waals surface area contributed by atoms with Crippen molar-refractivity contribution in [1.82, 2.24) is 14.8 Å². The summed E-state index contributed by atoms with van der Waals surface area (Å²) >= 11 is 5.83. The van der Waals surface area contributed by atoms with Crippen molar-refractivity contribution in [3.8, 4) is 0 Å². The zero-order valence-electron chi connectivity index (χ0n) is 10.2. The molecule has 0 radical (unpaired) electrons. The molecule has 1 aromatic heterocycles. The summed E-state index contributed by atoms with van der Waals surface area (Å²) in [5, 5.41) is 8.20. The molecule has 0 aliphatic heterocycles. The van der Waals surface area contributed by atoms with Crippen LogP contribution in [0.4, 0.5) is 4.39 Å². The highest BCUT2D eigenvalue weighted by Gasteiger charge is 2.11. The SMILES string of the molecule is CCCn1c(CCl)nnc1Cc1cccc(F)c1. The Hall–Kier alpha value is -1.42. The van der Waals surface area contributed by atoms with Gasteiger partial charge >= 0.3 is 0 Å². The molecule has 18 heavy (non-hydrogen) atoms. The molecule has 0 aliphatic carbocycles. The van der Waals surface area contributed by atoms with Crippen LogP contribution in [0.25, 0.3) is 0 Å². The highest BCUT2D eigenvalue weighted by atomic mass is 35.5. The zero-order chi connectivity index (χ0) is 13.0. The Balaban J connectivity index is 2.25. The molecule has 0 aliphatic rings. The molecule has 0 saturated carbocycles. The topological polar surface area (TPSA) is 30.7 Å². The Morgan fingerprint density at radius 1 is 1.28 bits per heavy atom. The second-order valence-corrected chi connectivity index (χ2v) is 4.39. The predicted molar refractivity (Wildman–Crippen MR) is 69.1 cm³/mol. The van der Waals surface area contributed by atoms with E-state index in [2.05, 4.69) is 17.1 Å². The molecule has 0 spiro atoms. The molecule has 2 aromatic rings. The molecule has 0 N–H and O–H groups in total. The van der Waals surface area contributed by atoms with Gasteiger partial charge in [0, 0.05) is 13.0 Å². The molecule has 1 aromatic carbocycles. The molecule has 2 rings (SSSR count). The Labute approximate surface area is 111 Å². The zero-order valence-corrected chi connectivity index (χ0v) is 11.0. The second kappa shape index (κ2) is 5.96. The van der Waals surface area contributed by atoms with Crippen LogP contribution < -0.4 is 0 Å². The van der Waals surface area contributed by atoms with Crippen LogP contribution in [0, 0.1) is 5.82 Å². The summed E-state index contributed by atoms with van der Waals surface area (Å²) in [4.78, 5) is 0. The summed E-state index contributed by atoms with van der Waals surface area (Å²) in [6.07, 6.45) is 1.56. The first-order chi connectivity index (χ1) is 8.74. The summed E-state index contributed by atoms with van der Waals surface area (Å²) in [6, 6.07) is 6.54. The van der Waals surface area contributed by atoms with Gasteiger partial charge in [0.25, 0.3) is 0 Å². The Morgan fingerprint density at radius 2 is 2.06 bits per heavy atom. The molecule has 3 nitrogen and oxygen atoms in total. The van der Waals surface area contributed by atoms with Gasteiger partial charge in [-0.25, -0.2) is 4.39 Å². The van der Waals surface area contributed by atoms with Gasteiger partial charge in [-0.15, -0.1) is 21.8 Å². The lowest BCUT2D eigenvalue weighted by atomic mass is 10.1. The number of halogens is 2. The number of alkyl halides is 1. The van der Waals surface area contributed by atoms with Gasteiger partial charge in [-0.2, -0.15) is 0 Å². The van der Waals surface area contributed by atoms with Crippen molar-refractivity contribution in [2.45, 2.75) is 32.2 Å². The van der Waals surface area contributed by atoms with Gasteiger partial charge in [-0.1, -0.05) is 19.1 Å². The maximum Gasteiger partial charge on any atom is 0.147 e. The Kier molecular flexibility index (Phi) is 4.31. The molecule has 0 saturated heterocycles. The van der Waals surface area contributed by atoms with Gasteiger partial charge < -0.3 is 4.57 Å². The van der Waals surface area contributed by atoms with Crippen molar-refractivity contribution in [3.63, 3.8) is 0 Å². The van der Waals surface area contributed by atoms with Crippen molar-refractivity contribution in [1.29, 1.82) is 0 Å². The minimum absolute atomic E-state index is 0.230. The first-order valence-corrected chi connectivity index (χ1v) is 6.49. The van der Waals surface area contributed by atoms with Crippen LogP contribution in [-0.2, 0) is 18.8 Å². The number of hydrogen-bond acceptors (Lipinski definition) is 2. The fraction of sp³-hybridized carbons (Fsp3) is 0.385. The van der Waals surface area contributed by atoms with Gasteiger partial charge in [0.05, 0.1) is 5.88 Å². The first-order valence-electron chi connectivity index (χ1n) is 5.96. The van der Waals surface area contributed by atoms with Crippen molar-refractivity contribution in [3.05, 3.63) is 47.3 Å². The summed E-state index contributed by atoms with van der Waals surface area (Å²) in [5.74, 6) is 1.71. The smallest absolute Gasteiger partial charge is 0.147 e. The number of nitrogens with zero attached hydrogens (tertiary/aromatic N) is 3. The van der Waals surface area contributed by atoms with Crippen molar-refractivity contribution >= 4 is 11.6 Å². The minimum Gasteiger partial charge on any atom is -0.314 e. The van der Waals surface area contributed by atoms with E-state index in [-0.39, 0.29) is 5.82 Å². The maximum atomic E-state index is 13.1.